The van der Waals surface area contributed by atoms with Crippen molar-refractivity contribution in [2.45, 2.75) is 310 Å². The lowest BCUT2D eigenvalue weighted by molar-refractivity contribution is 0.533. The molecule has 0 amide bonds. The Bertz CT molecular complexity index is 1620. The lowest BCUT2D eigenvalue weighted by Crippen LogP contribution is -2.14. The molecule has 0 aromatic heterocycles. The third kappa shape index (κ3) is 36.8. The maximum absolute atomic E-state index is 5.44. The molecular formula is C66H108N2. The maximum atomic E-state index is 5.44. The summed E-state index contributed by atoms with van der Waals surface area (Å²) in [5.74, 6) is 14.0. The number of hydrogen-bond acceptors (Lipinski definition) is 2. The van der Waals surface area contributed by atoms with Crippen LogP contribution in [-0.2, 0) is 0 Å². The van der Waals surface area contributed by atoms with Crippen LogP contribution in [0, 0.1) is 23.7 Å². The summed E-state index contributed by atoms with van der Waals surface area (Å²) in [6.45, 7) is 9.20. The third-order valence-electron chi connectivity index (χ3n) is 13.9. The number of hydrogen-bond donors (Lipinski definition) is 0. The van der Waals surface area contributed by atoms with Gasteiger partial charge in [-0.25, -0.2) is 0 Å². The molecule has 2 aromatic carbocycles. The smallest absolute Gasteiger partial charge is 0.0646 e. The SMILES string of the molecule is CCCCCCCCCCCCCC#Cc1cccc(N=C(CCCCC)C(CCCCCCCCCCCCCCCCC)=Nc2cccc(C#CCCCCCCCCCCCCC)c2)c1. The van der Waals surface area contributed by atoms with Crippen molar-refractivity contribution in [2.75, 3.05) is 0 Å². The lowest BCUT2D eigenvalue weighted by Gasteiger charge is -2.12. The van der Waals surface area contributed by atoms with E-state index in [1.54, 1.807) is 0 Å². The first-order valence-electron chi connectivity index (χ1n) is 30.0. The van der Waals surface area contributed by atoms with Gasteiger partial charge in [-0.1, -0.05) is 295 Å². The van der Waals surface area contributed by atoms with Crippen LogP contribution in [0.3, 0.4) is 0 Å². The highest BCUT2D eigenvalue weighted by atomic mass is 14.8. The molecule has 0 fully saturated rings. The van der Waals surface area contributed by atoms with Crippen molar-refractivity contribution in [2.24, 2.45) is 9.98 Å². The Morgan fingerprint density at radius 2 is 0.559 bits per heavy atom. The predicted molar refractivity (Wildman–Crippen MR) is 307 cm³/mol. The van der Waals surface area contributed by atoms with Gasteiger partial charge in [0.1, 0.15) is 0 Å². The van der Waals surface area contributed by atoms with Gasteiger partial charge in [0.05, 0.1) is 22.8 Å². The van der Waals surface area contributed by atoms with E-state index in [0.717, 1.165) is 72.4 Å². The van der Waals surface area contributed by atoms with Crippen LogP contribution in [0.2, 0.25) is 0 Å². The number of rotatable bonds is 45. The zero-order valence-electron chi connectivity index (χ0n) is 45.6. The summed E-state index contributed by atoms with van der Waals surface area (Å²) in [7, 11) is 0. The van der Waals surface area contributed by atoms with Crippen molar-refractivity contribution in [1.82, 2.24) is 0 Å². The second-order valence-corrected chi connectivity index (χ2v) is 20.5. The Kier molecular flexibility index (Phi) is 42.7. The highest BCUT2D eigenvalue weighted by molar-refractivity contribution is 6.43. The molecule has 0 heterocycles. The molecule has 68 heavy (non-hydrogen) atoms. The van der Waals surface area contributed by atoms with E-state index in [1.807, 2.05) is 0 Å². The molecule has 0 aliphatic carbocycles. The van der Waals surface area contributed by atoms with Gasteiger partial charge in [-0.3, -0.25) is 9.98 Å². The zero-order valence-corrected chi connectivity index (χ0v) is 45.6. The average Bonchev–Trinajstić information content (AvgIpc) is 3.35. The first kappa shape index (κ1) is 61.0. The molecule has 0 atom stereocenters. The first-order chi connectivity index (χ1) is 33.7. The van der Waals surface area contributed by atoms with Crippen LogP contribution < -0.4 is 0 Å². The van der Waals surface area contributed by atoms with E-state index in [-0.39, 0.29) is 0 Å². The van der Waals surface area contributed by atoms with Gasteiger partial charge in [0.15, 0.2) is 0 Å². The number of nitrogens with zero attached hydrogens (tertiary/aromatic N) is 2. The number of aliphatic imine (C=N–C) groups is 2. The number of benzene rings is 2. The maximum Gasteiger partial charge on any atom is 0.0646 e. The summed E-state index contributed by atoms with van der Waals surface area (Å²) in [6.07, 6.45) is 58.2. The summed E-state index contributed by atoms with van der Waals surface area (Å²) in [4.78, 5) is 10.9. The molecule has 0 aliphatic heterocycles. The molecule has 0 spiro atoms. The quantitative estimate of drug-likeness (QED) is 0.0359. The zero-order chi connectivity index (χ0) is 48.5. The van der Waals surface area contributed by atoms with Gasteiger partial charge in [0.25, 0.3) is 0 Å². The van der Waals surface area contributed by atoms with E-state index in [2.05, 4.69) is 99.9 Å². The summed E-state index contributed by atoms with van der Waals surface area (Å²) < 4.78 is 0. The summed E-state index contributed by atoms with van der Waals surface area (Å²) >= 11 is 0. The third-order valence-corrected chi connectivity index (χ3v) is 13.9. The van der Waals surface area contributed by atoms with Crippen molar-refractivity contribution < 1.29 is 0 Å². The standard InChI is InChI=1S/C66H108N2/c1-5-9-13-16-19-22-25-28-29-32-35-38-41-44-48-58-66(68-64-56-50-54-62(60-64)52-47-43-40-37-34-31-27-24-21-18-15-11-7-3)65(57-45-12-8-4)67-63-55-49-53-61(59-63)51-46-42-39-36-33-30-26-23-20-17-14-10-6-2/h49-50,53-56,59-60H,5-45,48,57-58H2,1-4H3. The Morgan fingerprint density at radius 1 is 0.309 bits per heavy atom. The lowest BCUT2D eigenvalue weighted by atomic mass is 10.00. The second-order valence-electron chi connectivity index (χ2n) is 20.5. The molecule has 0 saturated heterocycles. The highest BCUT2D eigenvalue weighted by Crippen LogP contribution is 2.23. The molecule has 2 nitrogen and oxygen atoms in total. The Balaban J connectivity index is 2.06. The molecule has 382 valence electrons. The molecular weight excluding hydrogens is 821 g/mol. The minimum atomic E-state index is 0.957. The van der Waals surface area contributed by atoms with E-state index in [0.29, 0.717) is 0 Å². The molecule has 0 radical (unpaired) electrons. The van der Waals surface area contributed by atoms with Crippen molar-refractivity contribution in [3.8, 4) is 23.7 Å². The first-order valence-corrected chi connectivity index (χ1v) is 30.0. The predicted octanol–water partition coefficient (Wildman–Crippen LogP) is 22.5. The van der Waals surface area contributed by atoms with Crippen LogP contribution in [0.1, 0.15) is 321 Å². The van der Waals surface area contributed by atoms with Gasteiger partial charge in [-0.15, -0.1) is 0 Å². The van der Waals surface area contributed by atoms with E-state index in [4.69, 9.17) is 9.98 Å². The molecule has 0 unspecified atom stereocenters. The fourth-order valence-electron chi connectivity index (χ4n) is 9.44. The molecule has 0 aliphatic rings. The monoisotopic (exact) mass is 929 g/mol. The number of unbranched alkanes of at least 4 members (excludes halogenated alkanes) is 38. The van der Waals surface area contributed by atoms with Gasteiger partial charge in [-0.05, 0) is 74.9 Å². The van der Waals surface area contributed by atoms with E-state index in [9.17, 15) is 0 Å². The highest BCUT2D eigenvalue weighted by Gasteiger charge is 2.12. The molecule has 2 aromatic rings. The fourth-order valence-corrected chi connectivity index (χ4v) is 9.44. The van der Waals surface area contributed by atoms with Crippen LogP contribution in [0.4, 0.5) is 11.4 Å². The van der Waals surface area contributed by atoms with Crippen LogP contribution in [-0.4, -0.2) is 11.4 Å². The van der Waals surface area contributed by atoms with E-state index >= 15 is 0 Å². The van der Waals surface area contributed by atoms with Crippen LogP contribution in [0.25, 0.3) is 0 Å². The molecule has 2 rings (SSSR count). The minimum absolute atomic E-state index is 0.957. The molecule has 0 bridgehead atoms. The van der Waals surface area contributed by atoms with Crippen LogP contribution in [0.15, 0.2) is 58.5 Å². The van der Waals surface area contributed by atoms with Crippen LogP contribution >= 0.6 is 0 Å². The Labute approximate surface area is 424 Å². The van der Waals surface area contributed by atoms with Crippen molar-refractivity contribution in [3.63, 3.8) is 0 Å². The van der Waals surface area contributed by atoms with E-state index < -0.39 is 0 Å². The topological polar surface area (TPSA) is 24.7 Å². The van der Waals surface area contributed by atoms with Crippen molar-refractivity contribution in [1.29, 1.82) is 0 Å². The van der Waals surface area contributed by atoms with Gasteiger partial charge in [-0.2, -0.15) is 0 Å². The molecule has 0 N–H and O–H groups in total. The van der Waals surface area contributed by atoms with Crippen molar-refractivity contribution >= 4 is 22.8 Å². The molecule has 0 saturated carbocycles. The van der Waals surface area contributed by atoms with Gasteiger partial charge < -0.3 is 0 Å². The summed E-state index contributed by atoms with van der Waals surface area (Å²) in [5, 5.41) is 0. The van der Waals surface area contributed by atoms with Gasteiger partial charge in [0.2, 0.25) is 0 Å². The van der Waals surface area contributed by atoms with Crippen molar-refractivity contribution in [3.05, 3.63) is 59.7 Å². The minimum Gasteiger partial charge on any atom is -0.252 e. The Hall–Kier alpha value is -3.10. The fraction of sp³-hybridized carbons (Fsp3) is 0.727. The van der Waals surface area contributed by atoms with Gasteiger partial charge in [0, 0.05) is 24.0 Å². The largest absolute Gasteiger partial charge is 0.252 e. The molecule has 2 heteroatoms. The van der Waals surface area contributed by atoms with Crippen LogP contribution in [0.5, 0.6) is 0 Å². The Morgan fingerprint density at radius 3 is 0.868 bits per heavy atom. The van der Waals surface area contributed by atoms with Gasteiger partial charge >= 0.3 is 0 Å². The normalized spacial score (nSPS) is 11.7. The summed E-state index contributed by atoms with van der Waals surface area (Å²) in [6, 6.07) is 17.3. The van der Waals surface area contributed by atoms with E-state index in [1.165, 1.54) is 244 Å². The second kappa shape index (κ2) is 47.6. The average molecular weight is 930 g/mol. The summed E-state index contributed by atoms with van der Waals surface area (Å²) in [5.41, 5.74) is 6.47.